The molecule has 0 aliphatic carbocycles. The maximum absolute atomic E-state index is 13.5. The lowest BCUT2D eigenvalue weighted by Crippen LogP contribution is -2.32. The van der Waals surface area contributed by atoms with E-state index in [1.165, 1.54) is 20.8 Å². The van der Waals surface area contributed by atoms with Crippen molar-refractivity contribution in [1.29, 1.82) is 0 Å². The topological polar surface area (TPSA) is 0 Å². The van der Waals surface area contributed by atoms with E-state index in [0.717, 1.165) is 12.1 Å². The lowest BCUT2D eigenvalue weighted by Gasteiger charge is -2.25. The number of hydrogen-bond acceptors (Lipinski definition) is 0. The van der Waals surface area contributed by atoms with Gasteiger partial charge in [-0.25, -0.2) is 8.78 Å². The Kier molecular flexibility index (Phi) is 3.51. The van der Waals surface area contributed by atoms with Crippen molar-refractivity contribution in [2.24, 2.45) is 5.41 Å². The van der Waals surface area contributed by atoms with Crippen LogP contribution in [0.4, 0.5) is 17.6 Å². The van der Waals surface area contributed by atoms with E-state index >= 15 is 0 Å². The highest BCUT2D eigenvalue weighted by atomic mass is 19.3. The van der Waals surface area contributed by atoms with Crippen molar-refractivity contribution in [3.8, 4) is 11.8 Å². The summed E-state index contributed by atoms with van der Waals surface area (Å²) in [6, 6.07) is 2.48. The number of alkyl halides is 2. The lowest BCUT2D eigenvalue weighted by molar-refractivity contribution is -0.0403. The third kappa shape index (κ3) is 3.48. The first-order valence-electron chi connectivity index (χ1n) is 4.99. The molecular weight excluding hydrogens is 232 g/mol. The molecule has 0 fully saturated rings. The second kappa shape index (κ2) is 4.40. The highest BCUT2D eigenvalue weighted by Crippen LogP contribution is 2.34. The summed E-state index contributed by atoms with van der Waals surface area (Å²) in [5.41, 5.74) is -1.43. The summed E-state index contributed by atoms with van der Waals surface area (Å²) >= 11 is 0. The smallest absolute Gasteiger partial charge is 0.207 e. The highest BCUT2D eigenvalue weighted by molar-refractivity contribution is 5.36. The minimum Gasteiger partial charge on any atom is -0.207 e. The molecule has 0 nitrogen and oxygen atoms in total. The Labute approximate surface area is 97.6 Å². The predicted octanol–water partition coefficient (Wildman–Crippen LogP) is 4.00. The van der Waals surface area contributed by atoms with E-state index in [-0.39, 0.29) is 5.56 Å². The molecule has 4 heteroatoms. The molecule has 0 aliphatic heterocycles. The Bertz CT molecular complexity index is 452. The summed E-state index contributed by atoms with van der Waals surface area (Å²) in [5, 5.41) is 0. The number of halogens is 4. The van der Waals surface area contributed by atoms with Crippen molar-refractivity contribution in [2.45, 2.75) is 26.7 Å². The molecule has 0 spiro atoms. The first-order chi connectivity index (χ1) is 7.62. The van der Waals surface area contributed by atoms with Crippen LogP contribution in [-0.4, -0.2) is 5.92 Å². The summed E-state index contributed by atoms with van der Waals surface area (Å²) in [7, 11) is 0. The van der Waals surface area contributed by atoms with Gasteiger partial charge in [-0.15, -0.1) is 0 Å². The van der Waals surface area contributed by atoms with E-state index in [1.807, 2.05) is 0 Å². The minimum atomic E-state index is -3.23. The monoisotopic (exact) mass is 244 g/mol. The molecule has 0 radical (unpaired) electrons. The van der Waals surface area contributed by atoms with Crippen molar-refractivity contribution in [1.82, 2.24) is 0 Å². The van der Waals surface area contributed by atoms with Gasteiger partial charge in [-0.2, -0.15) is 8.78 Å². The van der Waals surface area contributed by atoms with E-state index in [4.69, 9.17) is 0 Å². The third-order valence-corrected chi connectivity index (χ3v) is 2.17. The summed E-state index contributed by atoms with van der Waals surface area (Å²) in [6.45, 7) is 4.02. The zero-order valence-electron chi connectivity index (χ0n) is 9.74. The molecule has 17 heavy (non-hydrogen) atoms. The molecule has 0 saturated heterocycles. The van der Waals surface area contributed by atoms with Crippen LogP contribution in [0.5, 0.6) is 0 Å². The van der Waals surface area contributed by atoms with E-state index in [2.05, 4.69) is 5.92 Å². The standard InChI is InChI=1S/C13H12F4/c1-12(2,3)13(16,17)5-4-9-6-10(14)8-11(15)7-9/h6-8H,1-3H3. The highest BCUT2D eigenvalue weighted by Gasteiger charge is 2.41. The van der Waals surface area contributed by atoms with Crippen LogP contribution < -0.4 is 0 Å². The second-order valence-corrected chi connectivity index (χ2v) is 4.73. The molecule has 0 atom stereocenters. The van der Waals surface area contributed by atoms with E-state index in [0.29, 0.717) is 6.07 Å². The quantitative estimate of drug-likeness (QED) is 0.478. The Morgan fingerprint density at radius 1 is 0.941 bits per heavy atom. The Balaban J connectivity index is 3.07. The van der Waals surface area contributed by atoms with Gasteiger partial charge in [0.05, 0.1) is 0 Å². The normalized spacial score (nSPS) is 11.9. The third-order valence-electron chi connectivity index (χ3n) is 2.17. The molecule has 0 N–H and O–H groups in total. The second-order valence-electron chi connectivity index (χ2n) is 4.73. The van der Waals surface area contributed by atoms with Crippen LogP contribution in [0, 0.1) is 28.9 Å². The zero-order valence-corrected chi connectivity index (χ0v) is 9.74. The molecule has 0 saturated carbocycles. The molecule has 0 unspecified atom stereocenters. The van der Waals surface area contributed by atoms with Gasteiger partial charge in [0.25, 0.3) is 0 Å². The van der Waals surface area contributed by atoms with Crippen LogP contribution in [-0.2, 0) is 0 Å². The van der Waals surface area contributed by atoms with Gasteiger partial charge in [-0.05, 0) is 18.1 Å². The molecule has 0 aliphatic rings. The van der Waals surface area contributed by atoms with Crippen molar-refractivity contribution >= 4 is 0 Å². The fourth-order valence-electron chi connectivity index (χ4n) is 0.964. The predicted molar refractivity (Wildman–Crippen MR) is 57.6 cm³/mol. The van der Waals surface area contributed by atoms with E-state index in [9.17, 15) is 17.6 Å². The largest absolute Gasteiger partial charge is 0.313 e. The summed E-state index contributed by atoms with van der Waals surface area (Å²) < 4.78 is 52.5. The van der Waals surface area contributed by atoms with Crippen molar-refractivity contribution < 1.29 is 17.6 Å². The van der Waals surface area contributed by atoms with Gasteiger partial charge in [0.15, 0.2) is 0 Å². The SMILES string of the molecule is CC(C)(C)C(F)(F)C#Cc1cc(F)cc(F)c1. The molecule has 0 heterocycles. The number of benzene rings is 1. The van der Waals surface area contributed by atoms with Gasteiger partial charge in [0, 0.05) is 17.0 Å². The van der Waals surface area contributed by atoms with Gasteiger partial charge >= 0.3 is 5.92 Å². The van der Waals surface area contributed by atoms with Gasteiger partial charge in [0.2, 0.25) is 0 Å². The summed E-state index contributed by atoms with van der Waals surface area (Å²) in [5.74, 6) is -1.06. The van der Waals surface area contributed by atoms with Crippen LogP contribution in [0.15, 0.2) is 18.2 Å². The number of hydrogen-bond donors (Lipinski definition) is 0. The first-order valence-corrected chi connectivity index (χ1v) is 4.99. The van der Waals surface area contributed by atoms with E-state index < -0.39 is 23.0 Å². The molecule has 1 rings (SSSR count). The molecule has 0 bridgehead atoms. The molecule has 1 aromatic carbocycles. The van der Waals surface area contributed by atoms with Gasteiger partial charge in [0.1, 0.15) is 11.6 Å². The first kappa shape index (κ1) is 13.6. The van der Waals surface area contributed by atoms with Crippen LogP contribution in [0.25, 0.3) is 0 Å². The molecular formula is C13H12F4. The average molecular weight is 244 g/mol. The lowest BCUT2D eigenvalue weighted by atomic mass is 9.88. The molecule has 1 aromatic rings. The van der Waals surface area contributed by atoms with Gasteiger partial charge in [-0.3, -0.25) is 0 Å². The van der Waals surface area contributed by atoms with Crippen LogP contribution in [0.1, 0.15) is 26.3 Å². The van der Waals surface area contributed by atoms with Crippen molar-refractivity contribution in [3.63, 3.8) is 0 Å². The van der Waals surface area contributed by atoms with Gasteiger partial charge in [-0.1, -0.05) is 26.7 Å². The number of rotatable bonds is 0. The average Bonchev–Trinajstić information content (AvgIpc) is 2.11. The van der Waals surface area contributed by atoms with Gasteiger partial charge < -0.3 is 0 Å². The van der Waals surface area contributed by atoms with E-state index in [1.54, 1.807) is 5.92 Å². The Morgan fingerprint density at radius 3 is 1.82 bits per heavy atom. The van der Waals surface area contributed by atoms with Crippen LogP contribution in [0.3, 0.4) is 0 Å². The fourth-order valence-corrected chi connectivity index (χ4v) is 0.964. The maximum Gasteiger partial charge on any atom is 0.313 e. The summed E-state index contributed by atoms with van der Waals surface area (Å²) in [6.07, 6.45) is 0. The summed E-state index contributed by atoms with van der Waals surface area (Å²) in [4.78, 5) is 0. The Morgan fingerprint density at radius 2 is 1.41 bits per heavy atom. The molecule has 0 aromatic heterocycles. The maximum atomic E-state index is 13.5. The fraction of sp³-hybridized carbons (Fsp3) is 0.385. The van der Waals surface area contributed by atoms with Crippen molar-refractivity contribution in [3.05, 3.63) is 35.4 Å². The van der Waals surface area contributed by atoms with Crippen molar-refractivity contribution in [2.75, 3.05) is 0 Å². The zero-order chi connectivity index (χ0) is 13.3. The van der Waals surface area contributed by atoms with Crippen LogP contribution >= 0.6 is 0 Å². The molecule has 92 valence electrons. The minimum absolute atomic E-state index is 0.105. The van der Waals surface area contributed by atoms with Crippen LogP contribution in [0.2, 0.25) is 0 Å². The molecule has 0 amide bonds. The Hall–Kier alpha value is -1.50.